The van der Waals surface area contributed by atoms with Gasteiger partial charge >= 0.3 is 0 Å². The zero-order valence-corrected chi connectivity index (χ0v) is 13.7. The molecule has 3 N–H and O–H groups in total. The fourth-order valence-corrected chi connectivity index (χ4v) is 2.04. The van der Waals surface area contributed by atoms with Gasteiger partial charge in [0.05, 0.1) is 5.57 Å². The van der Waals surface area contributed by atoms with Crippen molar-refractivity contribution in [3.8, 4) is 6.07 Å². The third-order valence-electron chi connectivity index (χ3n) is 3.40. The third-order valence-corrected chi connectivity index (χ3v) is 3.40. The Morgan fingerprint density at radius 1 is 1.12 bits per heavy atom. The van der Waals surface area contributed by atoms with Crippen molar-refractivity contribution >= 4 is 23.4 Å². The first-order valence-corrected chi connectivity index (χ1v) is 7.39. The summed E-state index contributed by atoms with van der Waals surface area (Å²) in [5, 5.41) is 17.3. The van der Waals surface area contributed by atoms with Crippen LogP contribution in [0, 0.1) is 16.7 Å². The maximum atomic E-state index is 9.33. The summed E-state index contributed by atoms with van der Waals surface area (Å²) < 4.78 is 0. The van der Waals surface area contributed by atoms with E-state index >= 15 is 0 Å². The van der Waals surface area contributed by atoms with Crippen LogP contribution < -0.4 is 10.6 Å². The highest BCUT2D eigenvalue weighted by molar-refractivity contribution is 6.13. The first kappa shape index (κ1) is 17.0. The number of nitrogens with zero attached hydrogens (tertiary/aromatic N) is 3. The van der Waals surface area contributed by atoms with E-state index in [1.807, 2.05) is 67.5 Å². The maximum Gasteiger partial charge on any atom is 0.154 e. The molecule has 0 atom stereocenters. The highest BCUT2D eigenvalue weighted by Crippen LogP contribution is 2.14. The second-order valence-electron chi connectivity index (χ2n) is 5.37. The quantitative estimate of drug-likeness (QED) is 0.516. The molecule has 2 rings (SSSR count). The molecule has 0 bridgehead atoms. The average Bonchev–Trinajstić information content (AvgIpc) is 2.60. The van der Waals surface area contributed by atoms with Crippen LogP contribution in [0.15, 0.2) is 65.2 Å². The Kier molecular flexibility index (Phi) is 5.48. The van der Waals surface area contributed by atoms with Crippen molar-refractivity contribution in [3.63, 3.8) is 0 Å². The highest BCUT2D eigenvalue weighted by atomic mass is 15.1. The summed E-state index contributed by atoms with van der Waals surface area (Å²) in [7, 11) is 3.93. The van der Waals surface area contributed by atoms with Crippen molar-refractivity contribution < 1.29 is 0 Å². The van der Waals surface area contributed by atoms with Crippen LogP contribution >= 0.6 is 0 Å². The van der Waals surface area contributed by atoms with Crippen molar-refractivity contribution in [3.05, 3.63) is 71.3 Å². The molecule has 5 heteroatoms. The fourth-order valence-electron chi connectivity index (χ4n) is 2.04. The molecule has 0 heterocycles. The summed E-state index contributed by atoms with van der Waals surface area (Å²) in [6, 6.07) is 18.8. The predicted octanol–water partition coefficient (Wildman–Crippen LogP) is 3.04. The Bertz CT molecular complexity index is 809. The number of hydrogen-bond acceptors (Lipinski definition) is 3. The molecule has 0 saturated carbocycles. The van der Waals surface area contributed by atoms with Gasteiger partial charge in [0.2, 0.25) is 0 Å². The van der Waals surface area contributed by atoms with Crippen LogP contribution in [0.1, 0.15) is 11.1 Å². The van der Waals surface area contributed by atoms with E-state index < -0.39 is 0 Å². The van der Waals surface area contributed by atoms with Crippen molar-refractivity contribution in [1.29, 1.82) is 10.7 Å². The number of nitrogens with two attached hydrogens (primary N) is 1. The van der Waals surface area contributed by atoms with E-state index in [4.69, 9.17) is 11.1 Å². The van der Waals surface area contributed by atoms with Gasteiger partial charge in [-0.25, -0.2) is 4.99 Å². The van der Waals surface area contributed by atoms with Crippen LogP contribution in [0.3, 0.4) is 0 Å². The molecular weight excluding hydrogens is 298 g/mol. The molecular formula is C19H19N5. The smallest absolute Gasteiger partial charge is 0.154 e. The van der Waals surface area contributed by atoms with Gasteiger partial charge < -0.3 is 10.6 Å². The summed E-state index contributed by atoms with van der Waals surface area (Å²) in [6.07, 6.45) is 1.66. The molecule has 5 nitrogen and oxygen atoms in total. The van der Waals surface area contributed by atoms with Crippen LogP contribution in [0.25, 0.3) is 6.08 Å². The second-order valence-corrected chi connectivity index (χ2v) is 5.37. The van der Waals surface area contributed by atoms with Crippen molar-refractivity contribution in [2.75, 3.05) is 19.0 Å². The topological polar surface area (TPSA) is 89.3 Å². The van der Waals surface area contributed by atoms with E-state index in [-0.39, 0.29) is 17.2 Å². The molecule has 24 heavy (non-hydrogen) atoms. The number of nitrogens with one attached hydrogen (secondary N) is 1. The molecule has 0 saturated heterocycles. The van der Waals surface area contributed by atoms with Gasteiger partial charge in [0.15, 0.2) is 5.84 Å². The minimum absolute atomic E-state index is 0.0252. The number of aliphatic imine (C=N–C) groups is 1. The van der Waals surface area contributed by atoms with E-state index in [1.165, 1.54) is 0 Å². The van der Waals surface area contributed by atoms with E-state index in [0.29, 0.717) is 5.56 Å². The van der Waals surface area contributed by atoms with Crippen LogP contribution in [-0.2, 0) is 0 Å². The van der Waals surface area contributed by atoms with E-state index in [9.17, 15) is 5.26 Å². The van der Waals surface area contributed by atoms with E-state index in [0.717, 1.165) is 11.3 Å². The van der Waals surface area contributed by atoms with Gasteiger partial charge in [0.1, 0.15) is 11.9 Å². The molecule has 0 spiro atoms. The van der Waals surface area contributed by atoms with Gasteiger partial charge in [-0.1, -0.05) is 42.5 Å². The van der Waals surface area contributed by atoms with Crippen molar-refractivity contribution in [2.45, 2.75) is 0 Å². The SMILES string of the molecule is CN(C)c1ccc(/C=C(\C#N)C(N)=NC(=N)c2ccccc2)cc1. The minimum Gasteiger partial charge on any atom is -0.383 e. The molecule has 0 amide bonds. The summed E-state index contributed by atoms with van der Waals surface area (Å²) in [6.45, 7) is 0. The monoisotopic (exact) mass is 317 g/mol. The standard InChI is InChI=1S/C19H19N5/c1-24(2)17-10-8-14(9-11-17)12-16(13-20)19(22)23-18(21)15-6-4-3-5-7-15/h3-12H,1-2H3,(H3,21,22,23)/b16-12+. The first-order chi connectivity index (χ1) is 11.5. The van der Waals surface area contributed by atoms with Crippen LogP contribution in [0.5, 0.6) is 0 Å². The number of anilines is 1. The molecule has 2 aromatic carbocycles. The van der Waals surface area contributed by atoms with Crippen LogP contribution in [-0.4, -0.2) is 25.8 Å². The number of hydrogen-bond donors (Lipinski definition) is 2. The van der Waals surface area contributed by atoms with Gasteiger partial charge in [0, 0.05) is 25.3 Å². The van der Waals surface area contributed by atoms with Gasteiger partial charge in [-0.15, -0.1) is 0 Å². The average molecular weight is 317 g/mol. The van der Waals surface area contributed by atoms with Crippen LogP contribution in [0.4, 0.5) is 5.69 Å². The number of rotatable bonds is 4. The summed E-state index contributed by atoms with van der Waals surface area (Å²) >= 11 is 0. The molecule has 0 radical (unpaired) electrons. The lowest BCUT2D eigenvalue weighted by Gasteiger charge is -2.11. The molecule has 0 aliphatic rings. The summed E-state index contributed by atoms with van der Waals surface area (Å²) in [5.74, 6) is 0.0558. The molecule has 0 fully saturated rings. The Morgan fingerprint density at radius 2 is 1.75 bits per heavy atom. The normalized spacial score (nSPS) is 11.7. The number of amidine groups is 2. The van der Waals surface area contributed by atoms with Crippen molar-refractivity contribution in [1.82, 2.24) is 0 Å². The van der Waals surface area contributed by atoms with Crippen LogP contribution in [0.2, 0.25) is 0 Å². The fraction of sp³-hybridized carbons (Fsp3) is 0.105. The molecule has 0 aliphatic heterocycles. The van der Waals surface area contributed by atoms with Gasteiger partial charge in [-0.3, -0.25) is 5.41 Å². The van der Waals surface area contributed by atoms with E-state index in [1.54, 1.807) is 18.2 Å². The molecule has 0 aliphatic carbocycles. The first-order valence-electron chi connectivity index (χ1n) is 7.39. The largest absolute Gasteiger partial charge is 0.383 e. The highest BCUT2D eigenvalue weighted by Gasteiger charge is 2.06. The summed E-state index contributed by atoms with van der Waals surface area (Å²) in [4.78, 5) is 6.03. The van der Waals surface area contributed by atoms with Gasteiger partial charge in [0.25, 0.3) is 0 Å². The third kappa shape index (κ3) is 4.31. The Labute approximate surface area is 141 Å². The zero-order chi connectivity index (χ0) is 17.5. The predicted molar refractivity (Wildman–Crippen MR) is 99.3 cm³/mol. The lowest BCUT2D eigenvalue weighted by molar-refractivity contribution is 1.13. The molecule has 0 unspecified atom stereocenters. The lowest BCUT2D eigenvalue weighted by Crippen LogP contribution is -2.16. The minimum atomic E-state index is 0.0252. The van der Waals surface area contributed by atoms with Crippen molar-refractivity contribution in [2.24, 2.45) is 10.7 Å². The maximum absolute atomic E-state index is 9.33. The van der Waals surface area contributed by atoms with Gasteiger partial charge in [-0.05, 0) is 23.8 Å². The molecule has 120 valence electrons. The molecule has 0 aromatic heterocycles. The molecule has 2 aromatic rings. The van der Waals surface area contributed by atoms with E-state index in [2.05, 4.69) is 4.99 Å². The summed E-state index contributed by atoms with van der Waals surface area (Å²) in [5.41, 5.74) is 8.70. The lowest BCUT2D eigenvalue weighted by atomic mass is 10.1. The second kappa shape index (κ2) is 7.75. The number of benzene rings is 2. The Balaban J connectivity index is 2.25. The van der Waals surface area contributed by atoms with Gasteiger partial charge in [-0.2, -0.15) is 5.26 Å². The Morgan fingerprint density at radius 3 is 2.29 bits per heavy atom. The zero-order valence-electron chi connectivity index (χ0n) is 13.7. The Hall–Kier alpha value is -3.39. The number of nitriles is 1.